The van der Waals surface area contributed by atoms with Crippen molar-refractivity contribution >= 4 is 5.78 Å². The van der Waals surface area contributed by atoms with Crippen molar-refractivity contribution in [3.8, 4) is 0 Å². The summed E-state index contributed by atoms with van der Waals surface area (Å²) < 4.78 is 0. The molecule has 0 atom stereocenters. The minimum Gasteiger partial charge on any atom is -0.300 e. The first kappa shape index (κ1) is 16.7. The molecule has 1 aliphatic carbocycles. The molecule has 1 saturated carbocycles. The van der Waals surface area contributed by atoms with E-state index in [1.165, 1.54) is 16.7 Å². The van der Waals surface area contributed by atoms with E-state index in [0.717, 1.165) is 6.54 Å². The van der Waals surface area contributed by atoms with Gasteiger partial charge in [-0.1, -0.05) is 91.0 Å². The van der Waals surface area contributed by atoms with Crippen molar-refractivity contribution in [1.82, 2.24) is 4.90 Å². The predicted octanol–water partition coefficient (Wildman–Crippen LogP) is 5.01. The standard InChI is InChI=1S/C24H23NO/c26-23-16-22(17-23)25(18-19-10-4-1-5-11-19)24(20-12-6-2-7-13-20)21-14-8-3-9-15-21/h1-15,22,24H,16-18H2. The second-order valence-electron chi connectivity index (χ2n) is 6.98. The number of benzene rings is 3. The van der Waals surface area contributed by atoms with Gasteiger partial charge in [0.05, 0.1) is 6.04 Å². The van der Waals surface area contributed by atoms with Crippen LogP contribution >= 0.6 is 0 Å². The van der Waals surface area contributed by atoms with Crippen LogP contribution in [0.2, 0.25) is 0 Å². The molecule has 3 aromatic rings. The zero-order valence-electron chi connectivity index (χ0n) is 14.8. The zero-order chi connectivity index (χ0) is 17.8. The lowest BCUT2D eigenvalue weighted by atomic mass is 9.85. The molecular weight excluding hydrogens is 318 g/mol. The lowest BCUT2D eigenvalue weighted by Crippen LogP contribution is -2.46. The molecule has 0 aliphatic heterocycles. The largest absolute Gasteiger partial charge is 0.300 e. The molecule has 0 unspecified atom stereocenters. The highest BCUT2D eigenvalue weighted by atomic mass is 16.1. The van der Waals surface area contributed by atoms with Crippen LogP contribution in [0.15, 0.2) is 91.0 Å². The first-order valence-corrected chi connectivity index (χ1v) is 9.22. The predicted molar refractivity (Wildman–Crippen MR) is 105 cm³/mol. The maximum Gasteiger partial charge on any atom is 0.136 e. The molecule has 0 N–H and O–H groups in total. The number of carbonyl (C=O) groups is 1. The summed E-state index contributed by atoms with van der Waals surface area (Å²) in [5.74, 6) is 0.368. The average molecular weight is 341 g/mol. The molecule has 0 heterocycles. The normalized spacial score (nSPS) is 14.6. The van der Waals surface area contributed by atoms with Gasteiger partial charge in [0.1, 0.15) is 5.78 Å². The van der Waals surface area contributed by atoms with Crippen LogP contribution < -0.4 is 0 Å². The Hall–Kier alpha value is -2.71. The van der Waals surface area contributed by atoms with Crippen LogP contribution in [0.25, 0.3) is 0 Å². The number of ketones is 1. The van der Waals surface area contributed by atoms with Gasteiger partial charge in [0.2, 0.25) is 0 Å². The fourth-order valence-electron chi connectivity index (χ4n) is 3.77. The fraction of sp³-hybridized carbons (Fsp3) is 0.208. The van der Waals surface area contributed by atoms with E-state index in [1.807, 2.05) is 6.07 Å². The number of carbonyl (C=O) groups excluding carboxylic acids is 1. The second-order valence-corrected chi connectivity index (χ2v) is 6.98. The molecule has 0 spiro atoms. The number of hydrogen-bond donors (Lipinski definition) is 0. The van der Waals surface area contributed by atoms with Crippen LogP contribution in [0.5, 0.6) is 0 Å². The Bertz CT molecular complexity index is 798. The molecule has 0 amide bonds. The van der Waals surface area contributed by atoms with Crippen LogP contribution in [0.3, 0.4) is 0 Å². The first-order valence-electron chi connectivity index (χ1n) is 9.22. The smallest absolute Gasteiger partial charge is 0.136 e. The van der Waals surface area contributed by atoms with E-state index >= 15 is 0 Å². The maximum atomic E-state index is 11.7. The van der Waals surface area contributed by atoms with Gasteiger partial charge in [-0.3, -0.25) is 9.69 Å². The van der Waals surface area contributed by atoms with Gasteiger partial charge >= 0.3 is 0 Å². The molecule has 1 fully saturated rings. The monoisotopic (exact) mass is 341 g/mol. The van der Waals surface area contributed by atoms with Crippen LogP contribution in [0.4, 0.5) is 0 Å². The van der Waals surface area contributed by atoms with E-state index in [9.17, 15) is 4.79 Å². The molecule has 0 saturated heterocycles. The average Bonchev–Trinajstić information content (AvgIpc) is 2.68. The van der Waals surface area contributed by atoms with Gasteiger partial charge in [-0.15, -0.1) is 0 Å². The van der Waals surface area contributed by atoms with Crippen molar-refractivity contribution < 1.29 is 4.79 Å². The Balaban J connectivity index is 1.74. The molecule has 1 aliphatic rings. The highest BCUT2D eigenvalue weighted by molar-refractivity contribution is 5.85. The first-order chi connectivity index (χ1) is 12.8. The minimum atomic E-state index is 0.149. The number of Topliss-reactive ketones (excluding diaryl/α,β-unsaturated/α-hetero) is 1. The third kappa shape index (κ3) is 3.61. The number of nitrogens with zero attached hydrogens (tertiary/aromatic N) is 1. The zero-order valence-corrected chi connectivity index (χ0v) is 14.8. The van der Waals surface area contributed by atoms with Gasteiger partial charge in [0, 0.05) is 25.4 Å². The molecule has 0 radical (unpaired) electrons. The van der Waals surface area contributed by atoms with E-state index in [-0.39, 0.29) is 6.04 Å². The third-order valence-electron chi connectivity index (χ3n) is 5.17. The SMILES string of the molecule is O=C1CC(N(Cc2ccccc2)C(c2ccccc2)c2ccccc2)C1. The van der Waals surface area contributed by atoms with Gasteiger partial charge in [-0.2, -0.15) is 0 Å². The molecule has 130 valence electrons. The number of rotatable bonds is 6. The van der Waals surface area contributed by atoms with Crippen molar-refractivity contribution in [3.05, 3.63) is 108 Å². The summed E-state index contributed by atoms with van der Waals surface area (Å²) in [7, 11) is 0. The summed E-state index contributed by atoms with van der Waals surface area (Å²) >= 11 is 0. The molecule has 26 heavy (non-hydrogen) atoms. The maximum absolute atomic E-state index is 11.7. The third-order valence-corrected chi connectivity index (χ3v) is 5.17. The summed E-state index contributed by atoms with van der Waals surface area (Å²) in [4.78, 5) is 14.2. The lowest BCUT2D eigenvalue weighted by Gasteiger charge is -2.42. The molecule has 3 aromatic carbocycles. The Morgan fingerprint density at radius 1 is 0.731 bits per heavy atom. The highest BCUT2D eigenvalue weighted by Crippen LogP contribution is 2.36. The van der Waals surface area contributed by atoms with Gasteiger partial charge in [-0.25, -0.2) is 0 Å². The summed E-state index contributed by atoms with van der Waals surface area (Å²) in [5.41, 5.74) is 3.83. The highest BCUT2D eigenvalue weighted by Gasteiger charge is 2.36. The van der Waals surface area contributed by atoms with Crippen molar-refractivity contribution in [2.24, 2.45) is 0 Å². The Labute approximate surface area is 155 Å². The van der Waals surface area contributed by atoms with Gasteiger partial charge in [0.25, 0.3) is 0 Å². The van der Waals surface area contributed by atoms with Crippen LogP contribution in [-0.2, 0) is 11.3 Å². The topological polar surface area (TPSA) is 20.3 Å². The molecule has 2 nitrogen and oxygen atoms in total. The summed E-state index contributed by atoms with van der Waals surface area (Å²) in [5, 5.41) is 0. The van der Waals surface area contributed by atoms with Crippen molar-refractivity contribution in [3.63, 3.8) is 0 Å². The van der Waals surface area contributed by atoms with E-state index < -0.39 is 0 Å². The molecular formula is C24H23NO. The van der Waals surface area contributed by atoms with E-state index in [2.05, 4.69) is 89.8 Å². The van der Waals surface area contributed by atoms with E-state index in [0.29, 0.717) is 24.7 Å². The molecule has 0 aromatic heterocycles. The Morgan fingerprint density at radius 2 is 1.19 bits per heavy atom. The lowest BCUT2D eigenvalue weighted by molar-refractivity contribution is -0.129. The summed E-state index contributed by atoms with van der Waals surface area (Å²) in [6, 6.07) is 32.3. The van der Waals surface area contributed by atoms with Gasteiger partial charge in [-0.05, 0) is 16.7 Å². The van der Waals surface area contributed by atoms with Crippen molar-refractivity contribution in [2.75, 3.05) is 0 Å². The van der Waals surface area contributed by atoms with E-state index in [4.69, 9.17) is 0 Å². The van der Waals surface area contributed by atoms with Crippen molar-refractivity contribution in [2.45, 2.75) is 31.5 Å². The van der Waals surface area contributed by atoms with Crippen LogP contribution in [-0.4, -0.2) is 16.7 Å². The van der Waals surface area contributed by atoms with E-state index in [1.54, 1.807) is 0 Å². The molecule has 0 bridgehead atoms. The summed E-state index contributed by atoms with van der Waals surface area (Å²) in [6.07, 6.45) is 1.31. The Morgan fingerprint density at radius 3 is 1.65 bits per heavy atom. The molecule has 2 heteroatoms. The van der Waals surface area contributed by atoms with Gasteiger partial charge < -0.3 is 0 Å². The second kappa shape index (κ2) is 7.67. The number of hydrogen-bond acceptors (Lipinski definition) is 2. The Kier molecular flexibility index (Phi) is 4.94. The van der Waals surface area contributed by atoms with Crippen molar-refractivity contribution in [1.29, 1.82) is 0 Å². The van der Waals surface area contributed by atoms with Crippen LogP contribution in [0.1, 0.15) is 35.6 Å². The fourth-order valence-corrected chi connectivity index (χ4v) is 3.77. The minimum absolute atomic E-state index is 0.149. The summed E-state index contributed by atoms with van der Waals surface area (Å²) in [6.45, 7) is 0.841. The molecule has 4 rings (SSSR count). The van der Waals surface area contributed by atoms with Gasteiger partial charge in [0.15, 0.2) is 0 Å². The van der Waals surface area contributed by atoms with Crippen LogP contribution in [0, 0.1) is 0 Å². The quantitative estimate of drug-likeness (QED) is 0.628.